The lowest BCUT2D eigenvalue weighted by Crippen LogP contribution is -2.14. The Kier molecular flexibility index (Phi) is 3.90. The number of aromatic nitrogens is 1. The van der Waals surface area contributed by atoms with Crippen LogP contribution in [-0.4, -0.2) is 22.9 Å². The number of benzene rings is 1. The number of nitro groups is 1. The highest BCUT2D eigenvalue weighted by atomic mass is 16.6. The quantitative estimate of drug-likeness (QED) is 0.681. The van der Waals surface area contributed by atoms with Gasteiger partial charge in [0.25, 0.3) is 11.6 Å². The van der Waals surface area contributed by atoms with E-state index < -0.39 is 10.8 Å². The SMILES string of the molecule is COc1ccc([N+](=O)[O-])c(C(=O)Nc2ccccn2)c1. The van der Waals surface area contributed by atoms with Crippen LogP contribution in [0.2, 0.25) is 0 Å². The number of anilines is 1. The molecule has 0 spiro atoms. The second-order valence-electron chi connectivity index (χ2n) is 3.81. The average molecular weight is 273 g/mol. The van der Waals surface area contributed by atoms with Crippen LogP contribution < -0.4 is 10.1 Å². The van der Waals surface area contributed by atoms with Crippen molar-refractivity contribution < 1.29 is 14.5 Å². The molecule has 1 N–H and O–H groups in total. The summed E-state index contributed by atoms with van der Waals surface area (Å²) in [5.41, 5.74) is -0.376. The normalized spacial score (nSPS) is 9.85. The third kappa shape index (κ3) is 2.89. The number of carbonyl (C=O) groups is 1. The van der Waals surface area contributed by atoms with Crippen molar-refractivity contribution in [3.05, 3.63) is 58.3 Å². The van der Waals surface area contributed by atoms with Crippen LogP contribution in [0.25, 0.3) is 0 Å². The first-order valence-corrected chi connectivity index (χ1v) is 5.66. The average Bonchev–Trinajstić information content (AvgIpc) is 2.47. The van der Waals surface area contributed by atoms with Gasteiger partial charge in [0, 0.05) is 12.3 Å². The molecule has 0 radical (unpaired) electrons. The van der Waals surface area contributed by atoms with Crippen LogP contribution in [-0.2, 0) is 0 Å². The Morgan fingerprint density at radius 3 is 2.75 bits per heavy atom. The molecule has 1 aromatic carbocycles. The molecule has 0 bridgehead atoms. The van der Waals surface area contributed by atoms with E-state index in [4.69, 9.17) is 4.74 Å². The predicted octanol–water partition coefficient (Wildman–Crippen LogP) is 2.25. The Balaban J connectivity index is 2.35. The number of amides is 1. The number of ether oxygens (including phenoxy) is 1. The molecule has 1 aromatic heterocycles. The van der Waals surface area contributed by atoms with E-state index in [0.29, 0.717) is 11.6 Å². The van der Waals surface area contributed by atoms with Crippen molar-refractivity contribution in [3.8, 4) is 5.75 Å². The van der Waals surface area contributed by atoms with E-state index in [0.717, 1.165) is 0 Å². The van der Waals surface area contributed by atoms with Gasteiger partial charge in [-0.2, -0.15) is 0 Å². The monoisotopic (exact) mass is 273 g/mol. The molecular weight excluding hydrogens is 262 g/mol. The van der Waals surface area contributed by atoms with Crippen molar-refractivity contribution in [2.45, 2.75) is 0 Å². The zero-order valence-electron chi connectivity index (χ0n) is 10.6. The summed E-state index contributed by atoms with van der Waals surface area (Å²) in [5.74, 6) is 0.0608. The topological polar surface area (TPSA) is 94.4 Å². The predicted molar refractivity (Wildman–Crippen MR) is 71.8 cm³/mol. The molecule has 0 saturated heterocycles. The summed E-state index contributed by atoms with van der Waals surface area (Å²) >= 11 is 0. The van der Waals surface area contributed by atoms with Crippen molar-refractivity contribution in [2.75, 3.05) is 12.4 Å². The summed E-state index contributed by atoms with van der Waals surface area (Å²) in [5, 5.41) is 13.4. The molecule has 20 heavy (non-hydrogen) atoms. The van der Waals surface area contributed by atoms with Gasteiger partial charge < -0.3 is 10.1 Å². The summed E-state index contributed by atoms with van der Waals surface area (Å²) in [6.45, 7) is 0. The van der Waals surface area contributed by atoms with Crippen LogP contribution >= 0.6 is 0 Å². The van der Waals surface area contributed by atoms with E-state index in [1.165, 1.54) is 31.5 Å². The minimum Gasteiger partial charge on any atom is -0.497 e. The molecule has 7 heteroatoms. The number of nitrogens with zero attached hydrogens (tertiary/aromatic N) is 2. The van der Waals surface area contributed by atoms with Crippen molar-refractivity contribution in [3.63, 3.8) is 0 Å². The van der Waals surface area contributed by atoms with Crippen molar-refractivity contribution >= 4 is 17.4 Å². The molecule has 1 heterocycles. The van der Waals surface area contributed by atoms with Gasteiger partial charge >= 0.3 is 0 Å². The summed E-state index contributed by atoms with van der Waals surface area (Å²) in [6.07, 6.45) is 1.51. The molecule has 0 atom stereocenters. The number of hydrogen-bond donors (Lipinski definition) is 1. The van der Waals surface area contributed by atoms with Gasteiger partial charge in [-0.25, -0.2) is 4.98 Å². The van der Waals surface area contributed by atoms with Crippen LogP contribution in [0.4, 0.5) is 11.5 Å². The Hall–Kier alpha value is -2.96. The Morgan fingerprint density at radius 2 is 2.15 bits per heavy atom. The van der Waals surface area contributed by atoms with Gasteiger partial charge in [-0.05, 0) is 24.3 Å². The molecule has 0 fully saturated rings. The molecule has 0 aliphatic heterocycles. The van der Waals surface area contributed by atoms with Gasteiger partial charge in [0.2, 0.25) is 0 Å². The number of rotatable bonds is 4. The Morgan fingerprint density at radius 1 is 1.35 bits per heavy atom. The largest absolute Gasteiger partial charge is 0.497 e. The fraction of sp³-hybridized carbons (Fsp3) is 0.0769. The summed E-state index contributed by atoms with van der Waals surface area (Å²) in [6, 6.07) is 8.95. The van der Waals surface area contributed by atoms with Crippen LogP contribution in [0, 0.1) is 10.1 Å². The van der Waals surface area contributed by atoms with Gasteiger partial charge in [-0.1, -0.05) is 6.07 Å². The fourth-order valence-corrected chi connectivity index (χ4v) is 1.60. The number of nitrogens with one attached hydrogen (secondary N) is 1. The van der Waals surface area contributed by atoms with Crippen molar-refractivity contribution in [2.24, 2.45) is 0 Å². The summed E-state index contributed by atoms with van der Waals surface area (Å²) in [4.78, 5) is 26.4. The fourth-order valence-electron chi connectivity index (χ4n) is 1.60. The minimum atomic E-state index is -0.618. The molecular formula is C13H11N3O4. The molecule has 7 nitrogen and oxygen atoms in total. The maximum atomic E-state index is 12.1. The van der Waals surface area contributed by atoms with Crippen LogP contribution in [0.5, 0.6) is 5.75 Å². The van der Waals surface area contributed by atoms with Crippen LogP contribution in [0.15, 0.2) is 42.6 Å². The van der Waals surface area contributed by atoms with E-state index in [2.05, 4.69) is 10.3 Å². The first kappa shape index (κ1) is 13.5. The highest BCUT2D eigenvalue weighted by molar-refractivity contribution is 6.06. The van der Waals surface area contributed by atoms with Crippen molar-refractivity contribution in [1.29, 1.82) is 0 Å². The minimum absolute atomic E-state index is 0.0833. The molecule has 2 aromatic rings. The maximum absolute atomic E-state index is 12.1. The second-order valence-corrected chi connectivity index (χ2v) is 3.81. The van der Waals surface area contributed by atoms with Gasteiger partial charge in [-0.15, -0.1) is 0 Å². The van der Waals surface area contributed by atoms with Gasteiger partial charge in [0.05, 0.1) is 12.0 Å². The van der Waals surface area contributed by atoms with Crippen LogP contribution in [0.3, 0.4) is 0 Å². The van der Waals surface area contributed by atoms with Gasteiger partial charge in [0.1, 0.15) is 17.1 Å². The number of nitro benzene ring substituents is 1. The highest BCUT2D eigenvalue weighted by Crippen LogP contribution is 2.24. The third-order valence-electron chi connectivity index (χ3n) is 2.55. The molecule has 0 aliphatic carbocycles. The first-order chi connectivity index (χ1) is 9.61. The van der Waals surface area contributed by atoms with E-state index in [1.807, 2.05) is 0 Å². The first-order valence-electron chi connectivity index (χ1n) is 5.66. The zero-order chi connectivity index (χ0) is 14.5. The molecule has 0 aliphatic rings. The van der Waals surface area contributed by atoms with E-state index in [9.17, 15) is 14.9 Å². The lowest BCUT2D eigenvalue weighted by molar-refractivity contribution is -0.385. The number of methoxy groups -OCH3 is 1. The van der Waals surface area contributed by atoms with Gasteiger partial charge in [-0.3, -0.25) is 14.9 Å². The second kappa shape index (κ2) is 5.79. The van der Waals surface area contributed by atoms with Gasteiger partial charge in [0.15, 0.2) is 0 Å². The Labute approximate surface area is 114 Å². The summed E-state index contributed by atoms with van der Waals surface area (Å²) in [7, 11) is 1.42. The standard InChI is InChI=1S/C13H11N3O4/c1-20-9-5-6-11(16(18)19)10(8-9)13(17)15-12-4-2-3-7-14-12/h2-8H,1H3,(H,14,15,17). The molecule has 0 saturated carbocycles. The van der Waals surface area contributed by atoms with E-state index in [1.54, 1.807) is 18.2 Å². The number of hydrogen-bond acceptors (Lipinski definition) is 5. The molecule has 1 amide bonds. The number of pyridine rings is 1. The lowest BCUT2D eigenvalue weighted by Gasteiger charge is -2.06. The van der Waals surface area contributed by atoms with E-state index in [-0.39, 0.29) is 11.3 Å². The lowest BCUT2D eigenvalue weighted by atomic mass is 10.1. The van der Waals surface area contributed by atoms with E-state index >= 15 is 0 Å². The smallest absolute Gasteiger partial charge is 0.282 e. The maximum Gasteiger partial charge on any atom is 0.282 e. The number of carbonyl (C=O) groups excluding carboxylic acids is 1. The Bertz CT molecular complexity index is 643. The van der Waals surface area contributed by atoms with Crippen molar-refractivity contribution in [1.82, 2.24) is 4.98 Å². The molecule has 0 unspecified atom stereocenters. The summed E-state index contributed by atoms with van der Waals surface area (Å²) < 4.78 is 4.97. The van der Waals surface area contributed by atoms with Crippen LogP contribution in [0.1, 0.15) is 10.4 Å². The zero-order valence-corrected chi connectivity index (χ0v) is 10.6. The highest BCUT2D eigenvalue weighted by Gasteiger charge is 2.21. The molecule has 102 valence electrons. The third-order valence-corrected chi connectivity index (χ3v) is 2.55. The molecule has 2 rings (SSSR count).